The third-order valence-corrected chi connectivity index (χ3v) is 7.11. The number of benzene rings is 4. The molecule has 33 heavy (non-hydrogen) atoms. The molecule has 0 saturated carbocycles. The van der Waals surface area contributed by atoms with Crippen molar-refractivity contribution in [3.63, 3.8) is 0 Å². The highest BCUT2D eigenvalue weighted by Crippen LogP contribution is 2.56. The third-order valence-electron chi connectivity index (χ3n) is 6.45. The maximum absolute atomic E-state index is 14.1. The number of hydrazone groups is 1. The van der Waals surface area contributed by atoms with Crippen LogP contribution in [0.15, 0.2) is 119 Å². The Morgan fingerprint density at radius 1 is 0.788 bits per heavy atom. The molecule has 2 atom stereocenters. The van der Waals surface area contributed by atoms with Gasteiger partial charge in [0.15, 0.2) is 5.54 Å². The predicted octanol–water partition coefficient (Wildman–Crippen LogP) is 6.30. The molecule has 0 aliphatic carbocycles. The van der Waals surface area contributed by atoms with Gasteiger partial charge in [0.1, 0.15) is 0 Å². The Morgan fingerprint density at radius 2 is 1.42 bits per heavy atom. The summed E-state index contributed by atoms with van der Waals surface area (Å²) in [6.45, 7) is 0. The van der Waals surface area contributed by atoms with Crippen molar-refractivity contribution in [2.24, 2.45) is 5.10 Å². The van der Waals surface area contributed by atoms with E-state index in [0.29, 0.717) is 0 Å². The van der Waals surface area contributed by atoms with E-state index in [1.807, 2.05) is 89.9 Å². The van der Waals surface area contributed by atoms with Gasteiger partial charge in [-0.25, -0.2) is 5.01 Å². The van der Waals surface area contributed by atoms with E-state index in [1.165, 1.54) is 0 Å². The molecule has 6 rings (SSSR count). The highest BCUT2D eigenvalue weighted by atomic mass is 79.9. The maximum atomic E-state index is 14.1. The molecule has 160 valence electrons. The molecule has 1 amide bonds. The largest absolute Gasteiger partial charge is 0.322 e. The number of carbonyl (C=O) groups excluding carboxylic acids is 1. The molecule has 2 unspecified atom stereocenters. The standard InChI is InChI=1S/C28H20BrN3O/c29-23-18-10-17-22-26(23)30-27(33)28(22)24(19-11-4-1-5-12-19)25(20-13-6-2-7-14-20)31-32(28)21-15-8-3-9-16-21/h1-18,24H,(H,30,33). The molecule has 1 N–H and O–H groups in total. The van der Waals surface area contributed by atoms with Crippen LogP contribution < -0.4 is 10.3 Å². The summed E-state index contributed by atoms with van der Waals surface area (Å²) >= 11 is 3.65. The van der Waals surface area contributed by atoms with Gasteiger partial charge in [-0.1, -0.05) is 91.0 Å². The minimum absolute atomic E-state index is 0.0863. The number of rotatable bonds is 3. The summed E-state index contributed by atoms with van der Waals surface area (Å²) in [5.41, 5.74) is 4.43. The molecule has 0 fully saturated rings. The number of nitrogens with zero attached hydrogens (tertiary/aromatic N) is 2. The van der Waals surface area contributed by atoms with Crippen molar-refractivity contribution in [2.45, 2.75) is 11.5 Å². The zero-order valence-corrected chi connectivity index (χ0v) is 19.2. The molecule has 0 radical (unpaired) electrons. The lowest BCUT2D eigenvalue weighted by atomic mass is 9.72. The number of nitrogens with one attached hydrogen (secondary N) is 1. The van der Waals surface area contributed by atoms with Crippen LogP contribution in [0.4, 0.5) is 11.4 Å². The first-order valence-corrected chi connectivity index (χ1v) is 11.6. The summed E-state index contributed by atoms with van der Waals surface area (Å²) in [4.78, 5) is 14.1. The molecule has 4 nitrogen and oxygen atoms in total. The Hall–Kier alpha value is -3.70. The third kappa shape index (κ3) is 2.89. The molecule has 5 heteroatoms. The highest BCUT2D eigenvalue weighted by molar-refractivity contribution is 9.10. The van der Waals surface area contributed by atoms with E-state index in [0.717, 1.165) is 38.2 Å². The topological polar surface area (TPSA) is 44.7 Å². The van der Waals surface area contributed by atoms with Crippen LogP contribution in [0, 0.1) is 0 Å². The summed E-state index contributed by atoms with van der Waals surface area (Å²) in [6.07, 6.45) is 0. The number of hydrogen-bond donors (Lipinski definition) is 1. The van der Waals surface area contributed by atoms with Gasteiger partial charge in [0.2, 0.25) is 0 Å². The minimum atomic E-state index is -1.06. The second-order valence-corrected chi connectivity index (χ2v) is 9.08. The predicted molar refractivity (Wildman–Crippen MR) is 136 cm³/mol. The van der Waals surface area contributed by atoms with Crippen LogP contribution in [0.2, 0.25) is 0 Å². The molecule has 0 saturated heterocycles. The maximum Gasteiger partial charge on any atom is 0.258 e. The Morgan fingerprint density at radius 3 is 2.12 bits per heavy atom. The van der Waals surface area contributed by atoms with Gasteiger partial charge in [-0.15, -0.1) is 0 Å². The van der Waals surface area contributed by atoms with Crippen LogP contribution in [0.25, 0.3) is 0 Å². The molecular formula is C28H20BrN3O. The van der Waals surface area contributed by atoms with Crippen LogP contribution in [0.3, 0.4) is 0 Å². The molecule has 0 aromatic heterocycles. The molecule has 4 aromatic rings. The van der Waals surface area contributed by atoms with Gasteiger partial charge >= 0.3 is 0 Å². The number of hydrogen-bond acceptors (Lipinski definition) is 3. The first kappa shape index (κ1) is 19.9. The van der Waals surface area contributed by atoms with E-state index >= 15 is 0 Å². The average molecular weight is 494 g/mol. The average Bonchev–Trinajstić information content (AvgIpc) is 3.38. The highest BCUT2D eigenvalue weighted by Gasteiger charge is 2.63. The van der Waals surface area contributed by atoms with Crippen molar-refractivity contribution in [2.75, 3.05) is 10.3 Å². The van der Waals surface area contributed by atoms with E-state index in [-0.39, 0.29) is 11.8 Å². The summed E-state index contributed by atoms with van der Waals surface area (Å²) in [5, 5.41) is 10.3. The van der Waals surface area contributed by atoms with E-state index in [4.69, 9.17) is 5.10 Å². The minimum Gasteiger partial charge on any atom is -0.322 e. The van der Waals surface area contributed by atoms with Crippen LogP contribution in [0.1, 0.15) is 22.6 Å². The SMILES string of the molecule is O=C1Nc2c(Br)cccc2C12C(c1ccccc1)C(c1ccccc1)=NN2c1ccccc1. The van der Waals surface area contributed by atoms with Crippen molar-refractivity contribution < 1.29 is 4.79 Å². The first-order chi connectivity index (χ1) is 16.2. The summed E-state index contributed by atoms with van der Waals surface area (Å²) in [6, 6.07) is 36.3. The van der Waals surface area contributed by atoms with Crippen LogP contribution in [0.5, 0.6) is 0 Å². The zero-order valence-electron chi connectivity index (χ0n) is 17.7. The summed E-state index contributed by atoms with van der Waals surface area (Å²) in [7, 11) is 0. The molecule has 2 heterocycles. The van der Waals surface area contributed by atoms with Crippen molar-refractivity contribution in [1.29, 1.82) is 0 Å². The van der Waals surface area contributed by atoms with E-state index in [1.54, 1.807) is 0 Å². The smallest absolute Gasteiger partial charge is 0.258 e. The van der Waals surface area contributed by atoms with Gasteiger partial charge < -0.3 is 5.32 Å². The second-order valence-electron chi connectivity index (χ2n) is 8.23. The Labute approximate surface area is 200 Å². The van der Waals surface area contributed by atoms with Crippen molar-refractivity contribution in [3.05, 3.63) is 130 Å². The van der Waals surface area contributed by atoms with Crippen molar-refractivity contribution in [3.8, 4) is 0 Å². The van der Waals surface area contributed by atoms with Gasteiger partial charge in [0, 0.05) is 10.0 Å². The molecular weight excluding hydrogens is 474 g/mol. The van der Waals surface area contributed by atoms with Gasteiger partial charge in [-0.3, -0.25) is 4.79 Å². The Kier molecular flexibility index (Phi) is 4.66. The first-order valence-electron chi connectivity index (χ1n) is 10.9. The molecule has 4 aromatic carbocycles. The summed E-state index contributed by atoms with van der Waals surface area (Å²) < 4.78 is 0.859. The Balaban J connectivity index is 1.70. The van der Waals surface area contributed by atoms with Gasteiger partial charge in [-0.2, -0.15) is 5.10 Å². The quantitative estimate of drug-likeness (QED) is 0.363. The number of halogens is 1. The van der Waals surface area contributed by atoms with Crippen molar-refractivity contribution >= 4 is 38.9 Å². The summed E-state index contributed by atoms with van der Waals surface area (Å²) in [5.74, 6) is -0.395. The van der Waals surface area contributed by atoms with E-state index in [9.17, 15) is 4.79 Å². The Bertz CT molecular complexity index is 1370. The van der Waals surface area contributed by atoms with Crippen LogP contribution in [-0.2, 0) is 10.3 Å². The number of para-hydroxylation sites is 2. The number of carbonyl (C=O) groups is 1. The molecule has 2 aliphatic rings. The van der Waals surface area contributed by atoms with Gasteiger partial charge in [0.25, 0.3) is 5.91 Å². The monoisotopic (exact) mass is 493 g/mol. The van der Waals surface area contributed by atoms with Gasteiger partial charge in [-0.05, 0) is 45.3 Å². The fourth-order valence-electron chi connectivity index (χ4n) is 5.07. The lowest BCUT2D eigenvalue weighted by Crippen LogP contribution is -2.50. The van der Waals surface area contributed by atoms with Crippen LogP contribution >= 0.6 is 15.9 Å². The molecule has 2 aliphatic heterocycles. The fourth-order valence-corrected chi connectivity index (χ4v) is 5.54. The fraction of sp³-hybridized carbons (Fsp3) is 0.0714. The molecule has 1 spiro atoms. The van der Waals surface area contributed by atoms with Gasteiger partial charge in [0.05, 0.1) is 23.0 Å². The number of fused-ring (bicyclic) bond motifs is 2. The second kappa shape index (κ2) is 7.71. The zero-order chi connectivity index (χ0) is 22.4. The number of amides is 1. The van der Waals surface area contributed by atoms with E-state index < -0.39 is 5.54 Å². The van der Waals surface area contributed by atoms with E-state index in [2.05, 4.69) is 45.5 Å². The normalized spacial score (nSPS) is 21.1. The van der Waals surface area contributed by atoms with Crippen LogP contribution in [-0.4, -0.2) is 11.6 Å². The number of anilines is 2. The molecule has 0 bridgehead atoms. The van der Waals surface area contributed by atoms with Crippen molar-refractivity contribution in [1.82, 2.24) is 0 Å². The lowest BCUT2D eigenvalue weighted by molar-refractivity contribution is -0.120. The lowest BCUT2D eigenvalue weighted by Gasteiger charge is -2.37.